The second-order valence-electron chi connectivity index (χ2n) is 9.11. The molecule has 0 aromatic carbocycles. The number of amides is 3. The summed E-state index contributed by atoms with van der Waals surface area (Å²) in [6, 6.07) is 5.19. The van der Waals surface area contributed by atoms with Crippen molar-refractivity contribution in [3.8, 4) is 0 Å². The van der Waals surface area contributed by atoms with E-state index >= 15 is 0 Å². The van der Waals surface area contributed by atoms with Gasteiger partial charge in [0.25, 0.3) is 11.8 Å². The van der Waals surface area contributed by atoms with Crippen LogP contribution in [-0.4, -0.2) is 63.0 Å². The Balaban J connectivity index is 1.51. The number of hydrogen-bond acceptors (Lipinski definition) is 5. The molecule has 1 aliphatic heterocycles. The molecular formula is C23H31N5O4. The van der Waals surface area contributed by atoms with Crippen LogP contribution < -0.4 is 5.32 Å². The summed E-state index contributed by atoms with van der Waals surface area (Å²) < 4.78 is 6.79. The predicted molar refractivity (Wildman–Crippen MR) is 117 cm³/mol. The quantitative estimate of drug-likeness (QED) is 0.719. The van der Waals surface area contributed by atoms with Crippen molar-refractivity contribution < 1.29 is 18.8 Å². The van der Waals surface area contributed by atoms with Crippen molar-refractivity contribution in [2.24, 2.45) is 0 Å². The zero-order valence-corrected chi connectivity index (χ0v) is 19.0. The van der Waals surface area contributed by atoms with Crippen LogP contribution in [0.1, 0.15) is 72.2 Å². The Kier molecular flexibility index (Phi) is 6.08. The number of hydrogen-bond donors (Lipinski definition) is 1. The number of carbonyl (C=O) groups excluding carboxylic acids is 3. The van der Waals surface area contributed by atoms with E-state index in [1.54, 1.807) is 39.4 Å². The average molecular weight is 442 g/mol. The summed E-state index contributed by atoms with van der Waals surface area (Å²) in [5.41, 5.74) is -0.603. The molecule has 1 saturated carbocycles. The first-order chi connectivity index (χ1) is 15.3. The topological polar surface area (TPSA) is 101 Å². The molecule has 1 aliphatic carbocycles. The van der Waals surface area contributed by atoms with Crippen molar-refractivity contribution in [1.82, 2.24) is 24.9 Å². The number of carbonyl (C=O) groups is 3. The van der Waals surface area contributed by atoms with Crippen molar-refractivity contribution in [3.05, 3.63) is 41.6 Å². The molecule has 1 atom stereocenters. The number of aromatic nitrogens is 2. The third-order valence-electron chi connectivity index (χ3n) is 6.72. The van der Waals surface area contributed by atoms with E-state index < -0.39 is 5.54 Å². The first kappa shape index (κ1) is 22.1. The van der Waals surface area contributed by atoms with Gasteiger partial charge in [0.15, 0.2) is 5.69 Å². The van der Waals surface area contributed by atoms with Gasteiger partial charge in [0, 0.05) is 26.2 Å². The molecule has 4 rings (SSSR count). The minimum absolute atomic E-state index is 0.136. The Morgan fingerprint density at radius 3 is 2.66 bits per heavy atom. The van der Waals surface area contributed by atoms with Gasteiger partial charge < -0.3 is 19.5 Å². The Labute approximate surface area is 187 Å². The van der Waals surface area contributed by atoms with E-state index in [2.05, 4.69) is 10.4 Å². The van der Waals surface area contributed by atoms with Crippen LogP contribution in [0.4, 0.5) is 0 Å². The largest absolute Gasteiger partial charge is 0.467 e. The third kappa shape index (κ3) is 4.16. The highest BCUT2D eigenvalue weighted by molar-refractivity contribution is 6.01. The van der Waals surface area contributed by atoms with Crippen LogP contribution >= 0.6 is 0 Å². The summed E-state index contributed by atoms with van der Waals surface area (Å²) in [4.78, 5) is 42.2. The number of fused-ring (bicyclic) bond motifs is 1. The number of nitrogens with zero attached hydrogens (tertiary/aromatic N) is 4. The number of likely N-dealkylation sites (N-methyl/N-ethyl adjacent to an activating group) is 1. The van der Waals surface area contributed by atoms with Gasteiger partial charge in [-0.25, -0.2) is 0 Å². The number of nitrogens with one attached hydrogen (secondary N) is 1. The molecule has 0 radical (unpaired) electrons. The van der Waals surface area contributed by atoms with E-state index in [0.717, 1.165) is 25.7 Å². The molecular weight excluding hydrogens is 410 g/mol. The van der Waals surface area contributed by atoms with Crippen LogP contribution in [0.25, 0.3) is 0 Å². The van der Waals surface area contributed by atoms with Gasteiger partial charge in [0.05, 0.1) is 19.4 Å². The van der Waals surface area contributed by atoms with Gasteiger partial charge in [-0.05, 0) is 31.9 Å². The van der Waals surface area contributed by atoms with E-state index in [4.69, 9.17) is 4.42 Å². The van der Waals surface area contributed by atoms with Gasteiger partial charge in [-0.15, -0.1) is 0 Å². The van der Waals surface area contributed by atoms with Crippen molar-refractivity contribution in [1.29, 1.82) is 0 Å². The standard InChI is InChI=1S/C23H31N5O4/c1-23(22(31)24-16-9-6-4-5-7-10-16)15-28-19(21(30)27(23)3)13-18(25-28)20(29)26(2)14-17-11-8-12-32-17/h8,11-13,16H,4-7,9-10,14-15H2,1-3H3,(H,24,31). The number of rotatable bonds is 5. The molecule has 2 aromatic rings. The zero-order chi connectivity index (χ0) is 22.9. The van der Waals surface area contributed by atoms with Crippen molar-refractivity contribution >= 4 is 17.7 Å². The zero-order valence-electron chi connectivity index (χ0n) is 19.0. The summed E-state index contributed by atoms with van der Waals surface area (Å²) in [5.74, 6) is -0.161. The second kappa shape index (κ2) is 8.80. The minimum atomic E-state index is -1.08. The summed E-state index contributed by atoms with van der Waals surface area (Å²) in [6.45, 7) is 2.24. The summed E-state index contributed by atoms with van der Waals surface area (Å²) >= 11 is 0. The molecule has 3 amide bonds. The lowest BCUT2D eigenvalue weighted by molar-refractivity contribution is -0.133. The average Bonchev–Trinajstić information content (AvgIpc) is 3.36. The molecule has 172 valence electrons. The first-order valence-electron chi connectivity index (χ1n) is 11.2. The van der Waals surface area contributed by atoms with Gasteiger partial charge in [0.2, 0.25) is 5.91 Å². The fraction of sp³-hybridized carbons (Fsp3) is 0.565. The lowest BCUT2D eigenvalue weighted by Crippen LogP contribution is -2.63. The normalized spacial score (nSPS) is 21.7. The van der Waals surface area contributed by atoms with Crippen molar-refractivity contribution in [3.63, 3.8) is 0 Å². The molecule has 1 unspecified atom stereocenters. The third-order valence-corrected chi connectivity index (χ3v) is 6.72. The first-order valence-corrected chi connectivity index (χ1v) is 11.2. The monoisotopic (exact) mass is 441 g/mol. The molecule has 9 nitrogen and oxygen atoms in total. The summed E-state index contributed by atoms with van der Waals surface area (Å²) in [6.07, 6.45) is 8.10. The lowest BCUT2D eigenvalue weighted by atomic mass is 9.95. The highest BCUT2D eigenvalue weighted by atomic mass is 16.3. The maximum atomic E-state index is 13.3. The van der Waals surface area contributed by atoms with E-state index in [1.165, 1.54) is 33.4 Å². The molecule has 1 fully saturated rings. The van der Waals surface area contributed by atoms with Crippen LogP contribution in [0.2, 0.25) is 0 Å². The van der Waals surface area contributed by atoms with Gasteiger partial charge in [0.1, 0.15) is 17.0 Å². The van der Waals surface area contributed by atoms with Crippen LogP contribution in [-0.2, 0) is 17.9 Å². The molecule has 0 saturated heterocycles. The molecule has 2 aliphatic rings. The molecule has 0 spiro atoms. The molecule has 0 bridgehead atoms. The van der Waals surface area contributed by atoms with E-state index in [1.807, 2.05) is 0 Å². The summed E-state index contributed by atoms with van der Waals surface area (Å²) in [5, 5.41) is 7.56. The molecule has 3 heterocycles. The molecule has 1 N–H and O–H groups in total. The van der Waals surface area contributed by atoms with E-state index in [-0.39, 0.29) is 36.0 Å². The Hall–Kier alpha value is -3.10. The smallest absolute Gasteiger partial charge is 0.274 e. The van der Waals surface area contributed by atoms with Crippen LogP contribution in [0, 0.1) is 0 Å². The van der Waals surface area contributed by atoms with Crippen molar-refractivity contribution in [2.45, 2.75) is 70.1 Å². The van der Waals surface area contributed by atoms with Gasteiger partial charge >= 0.3 is 0 Å². The maximum Gasteiger partial charge on any atom is 0.274 e. The molecule has 9 heteroatoms. The predicted octanol–water partition coefficient (Wildman–Crippen LogP) is 2.43. The lowest BCUT2D eigenvalue weighted by Gasteiger charge is -2.41. The van der Waals surface area contributed by atoms with Gasteiger partial charge in [-0.3, -0.25) is 19.1 Å². The molecule has 32 heavy (non-hydrogen) atoms. The highest BCUT2D eigenvalue weighted by Gasteiger charge is 2.46. The van der Waals surface area contributed by atoms with Crippen molar-refractivity contribution in [2.75, 3.05) is 14.1 Å². The molecule has 2 aromatic heterocycles. The highest BCUT2D eigenvalue weighted by Crippen LogP contribution is 2.27. The Morgan fingerprint density at radius 2 is 2.00 bits per heavy atom. The van der Waals surface area contributed by atoms with Gasteiger partial charge in [-0.2, -0.15) is 5.10 Å². The van der Waals surface area contributed by atoms with Crippen LogP contribution in [0.15, 0.2) is 28.9 Å². The Bertz CT molecular complexity index is 990. The van der Waals surface area contributed by atoms with Gasteiger partial charge in [-0.1, -0.05) is 25.7 Å². The van der Waals surface area contributed by atoms with E-state index in [9.17, 15) is 14.4 Å². The fourth-order valence-corrected chi connectivity index (χ4v) is 4.50. The Morgan fingerprint density at radius 1 is 1.28 bits per heavy atom. The summed E-state index contributed by atoms with van der Waals surface area (Å²) in [7, 11) is 3.29. The SMILES string of the molecule is CN(Cc1ccco1)C(=O)c1cc2n(n1)CC(C)(C(=O)NC1CCCCCC1)N(C)C2=O. The van der Waals surface area contributed by atoms with Crippen LogP contribution in [0.5, 0.6) is 0 Å². The minimum Gasteiger partial charge on any atom is -0.467 e. The fourth-order valence-electron chi connectivity index (χ4n) is 4.50. The van der Waals surface area contributed by atoms with E-state index in [0.29, 0.717) is 18.0 Å². The second-order valence-corrected chi connectivity index (χ2v) is 9.11. The van der Waals surface area contributed by atoms with Crippen LogP contribution in [0.3, 0.4) is 0 Å². The number of furan rings is 1. The maximum absolute atomic E-state index is 13.3.